The van der Waals surface area contributed by atoms with E-state index in [9.17, 15) is 21.6 Å². The molecule has 2 rings (SSSR count). The van der Waals surface area contributed by atoms with Crippen molar-refractivity contribution in [1.82, 2.24) is 0 Å². The summed E-state index contributed by atoms with van der Waals surface area (Å²) in [6, 6.07) is 6.72. The van der Waals surface area contributed by atoms with Crippen LogP contribution >= 0.6 is 34.8 Å². The van der Waals surface area contributed by atoms with Crippen molar-refractivity contribution in [2.45, 2.75) is 18.0 Å². The van der Waals surface area contributed by atoms with Gasteiger partial charge in [0.2, 0.25) is 0 Å². The van der Waals surface area contributed by atoms with Gasteiger partial charge in [-0.3, -0.25) is 4.31 Å². The van der Waals surface area contributed by atoms with Crippen molar-refractivity contribution in [3.63, 3.8) is 0 Å². The minimum absolute atomic E-state index is 0.0899. The molecule has 10 heteroatoms. The Labute approximate surface area is 158 Å². The SMILES string of the molecule is CCN(c1ccc(Cl)c(C(F)(F)F)c1)S(=O)(=O)c1cc(Cl)ccc1Cl. The molecular formula is C15H11Cl3F3NO2S. The number of alkyl halides is 3. The quantitative estimate of drug-likeness (QED) is 0.605. The highest BCUT2D eigenvalue weighted by atomic mass is 35.5. The summed E-state index contributed by atoms with van der Waals surface area (Å²) in [6.07, 6.45) is -4.72. The maximum atomic E-state index is 13.0. The monoisotopic (exact) mass is 431 g/mol. The molecule has 0 aliphatic heterocycles. The number of benzene rings is 2. The Balaban J connectivity index is 2.62. The Morgan fingerprint density at radius 2 is 1.60 bits per heavy atom. The van der Waals surface area contributed by atoms with E-state index in [0.29, 0.717) is 6.07 Å². The van der Waals surface area contributed by atoms with Gasteiger partial charge in [-0.25, -0.2) is 8.42 Å². The van der Waals surface area contributed by atoms with Gasteiger partial charge in [0.15, 0.2) is 0 Å². The van der Waals surface area contributed by atoms with Crippen molar-refractivity contribution in [2.75, 3.05) is 10.8 Å². The number of anilines is 1. The summed E-state index contributed by atoms with van der Waals surface area (Å²) < 4.78 is 65.6. The normalized spacial score (nSPS) is 12.3. The van der Waals surface area contributed by atoms with Crippen LogP contribution in [0.15, 0.2) is 41.3 Å². The van der Waals surface area contributed by atoms with Gasteiger partial charge in [-0.15, -0.1) is 0 Å². The van der Waals surface area contributed by atoms with Crippen LogP contribution in [0, 0.1) is 0 Å². The molecule has 0 aliphatic carbocycles. The van der Waals surface area contributed by atoms with Gasteiger partial charge in [-0.2, -0.15) is 13.2 Å². The second-order valence-electron chi connectivity index (χ2n) is 4.91. The first-order valence-electron chi connectivity index (χ1n) is 6.83. The van der Waals surface area contributed by atoms with E-state index in [0.717, 1.165) is 16.4 Å². The van der Waals surface area contributed by atoms with Gasteiger partial charge in [-0.1, -0.05) is 34.8 Å². The van der Waals surface area contributed by atoms with E-state index in [2.05, 4.69) is 0 Å². The van der Waals surface area contributed by atoms with E-state index in [1.54, 1.807) is 0 Å². The molecule has 136 valence electrons. The molecule has 2 aromatic carbocycles. The summed E-state index contributed by atoms with van der Waals surface area (Å²) in [4.78, 5) is -0.299. The van der Waals surface area contributed by atoms with Crippen LogP contribution in [0.25, 0.3) is 0 Å². The molecule has 2 aromatic rings. The first kappa shape index (κ1) is 20.2. The number of sulfonamides is 1. The maximum absolute atomic E-state index is 13.0. The van der Waals surface area contributed by atoms with E-state index >= 15 is 0 Å². The Kier molecular flexibility index (Phi) is 5.83. The van der Waals surface area contributed by atoms with Crippen molar-refractivity contribution in [2.24, 2.45) is 0 Å². The fourth-order valence-electron chi connectivity index (χ4n) is 2.17. The predicted molar refractivity (Wildman–Crippen MR) is 93.1 cm³/mol. The molecule has 0 aromatic heterocycles. The smallest absolute Gasteiger partial charge is 0.267 e. The van der Waals surface area contributed by atoms with Gasteiger partial charge < -0.3 is 0 Å². The van der Waals surface area contributed by atoms with Gasteiger partial charge in [0, 0.05) is 11.6 Å². The molecular weight excluding hydrogens is 422 g/mol. The Hall–Kier alpha value is -1.15. The van der Waals surface area contributed by atoms with E-state index in [4.69, 9.17) is 34.8 Å². The van der Waals surface area contributed by atoms with Crippen LogP contribution in [-0.4, -0.2) is 15.0 Å². The topological polar surface area (TPSA) is 37.4 Å². The summed E-state index contributed by atoms with van der Waals surface area (Å²) in [6.45, 7) is 1.36. The minimum atomic E-state index is -4.72. The van der Waals surface area contributed by atoms with Crippen LogP contribution in [0.2, 0.25) is 15.1 Å². The summed E-state index contributed by atoms with van der Waals surface area (Å²) in [5.74, 6) is 0. The Bertz CT molecular complexity index is 901. The molecule has 0 atom stereocenters. The number of hydrogen-bond acceptors (Lipinski definition) is 2. The highest BCUT2D eigenvalue weighted by Gasteiger charge is 2.35. The fourth-order valence-corrected chi connectivity index (χ4v) is 4.60. The molecule has 0 N–H and O–H groups in total. The van der Waals surface area contributed by atoms with Crippen LogP contribution in [-0.2, 0) is 16.2 Å². The van der Waals surface area contributed by atoms with Crippen molar-refractivity contribution in [3.05, 3.63) is 57.0 Å². The van der Waals surface area contributed by atoms with Crippen LogP contribution in [0.1, 0.15) is 12.5 Å². The predicted octanol–water partition coefficient (Wildman–Crippen LogP) is 5.88. The van der Waals surface area contributed by atoms with Gasteiger partial charge in [0.05, 0.1) is 21.3 Å². The Morgan fingerprint density at radius 3 is 2.16 bits per heavy atom. The molecule has 0 radical (unpaired) electrons. The van der Waals surface area contributed by atoms with Crippen LogP contribution in [0.5, 0.6) is 0 Å². The van der Waals surface area contributed by atoms with Crippen LogP contribution in [0.4, 0.5) is 18.9 Å². The third-order valence-electron chi connectivity index (χ3n) is 3.29. The molecule has 0 spiro atoms. The first-order valence-corrected chi connectivity index (χ1v) is 9.40. The zero-order valence-electron chi connectivity index (χ0n) is 12.6. The van der Waals surface area contributed by atoms with Crippen molar-refractivity contribution in [3.8, 4) is 0 Å². The number of halogens is 6. The first-order chi connectivity index (χ1) is 11.5. The maximum Gasteiger partial charge on any atom is 0.417 e. The lowest BCUT2D eigenvalue weighted by Gasteiger charge is -2.24. The van der Waals surface area contributed by atoms with Crippen LogP contribution < -0.4 is 4.31 Å². The minimum Gasteiger partial charge on any atom is -0.267 e. The molecule has 25 heavy (non-hydrogen) atoms. The molecule has 0 saturated carbocycles. The lowest BCUT2D eigenvalue weighted by Crippen LogP contribution is -2.31. The molecule has 0 heterocycles. The molecule has 0 unspecified atom stereocenters. The average molecular weight is 433 g/mol. The highest BCUT2D eigenvalue weighted by Crippen LogP contribution is 2.38. The van der Waals surface area contributed by atoms with E-state index < -0.39 is 26.8 Å². The van der Waals surface area contributed by atoms with Gasteiger partial charge in [0.1, 0.15) is 4.90 Å². The highest BCUT2D eigenvalue weighted by molar-refractivity contribution is 7.93. The lowest BCUT2D eigenvalue weighted by atomic mass is 10.2. The lowest BCUT2D eigenvalue weighted by molar-refractivity contribution is -0.137. The van der Waals surface area contributed by atoms with E-state index in [1.807, 2.05) is 0 Å². The van der Waals surface area contributed by atoms with Gasteiger partial charge >= 0.3 is 6.18 Å². The number of nitrogens with zero attached hydrogens (tertiary/aromatic N) is 1. The summed E-state index contributed by atoms with van der Waals surface area (Å²) >= 11 is 17.3. The number of rotatable bonds is 4. The molecule has 0 saturated heterocycles. The average Bonchev–Trinajstić information content (AvgIpc) is 2.50. The van der Waals surface area contributed by atoms with E-state index in [-0.39, 0.29) is 27.2 Å². The summed E-state index contributed by atoms with van der Waals surface area (Å²) in [7, 11) is -4.23. The van der Waals surface area contributed by atoms with Crippen molar-refractivity contribution >= 4 is 50.5 Å². The molecule has 0 amide bonds. The van der Waals surface area contributed by atoms with Crippen molar-refractivity contribution < 1.29 is 21.6 Å². The third kappa shape index (κ3) is 4.16. The molecule has 0 aliphatic rings. The largest absolute Gasteiger partial charge is 0.417 e. The summed E-state index contributed by atoms with van der Waals surface area (Å²) in [5, 5.41) is -0.482. The van der Waals surface area contributed by atoms with Crippen molar-refractivity contribution in [1.29, 1.82) is 0 Å². The number of hydrogen-bond donors (Lipinski definition) is 0. The van der Waals surface area contributed by atoms with Gasteiger partial charge in [-0.05, 0) is 43.3 Å². The van der Waals surface area contributed by atoms with Gasteiger partial charge in [0.25, 0.3) is 10.0 Å². The van der Waals surface area contributed by atoms with Crippen LogP contribution in [0.3, 0.4) is 0 Å². The molecule has 3 nitrogen and oxygen atoms in total. The standard InChI is InChI=1S/C15H11Cl3F3NO2S/c1-2-22(10-4-6-12(17)11(8-10)15(19,20)21)25(23,24)14-7-9(16)3-5-13(14)18/h3-8H,2H2,1H3. The fraction of sp³-hybridized carbons (Fsp3) is 0.200. The third-order valence-corrected chi connectivity index (χ3v) is 6.24. The zero-order valence-corrected chi connectivity index (χ0v) is 15.7. The van der Waals surface area contributed by atoms with E-state index in [1.165, 1.54) is 25.1 Å². The summed E-state index contributed by atoms with van der Waals surface area (Å²) in [5.41, 5.74) is -1.31. The zero-order chi connectivity index (χ0) is 19.0. The second kappa shape index (κ2) is 7.23. The Morgan fingerprint density at radius 1 is 1.00 bits per heavy atom. The molecule has 0 bridgehead atoms. The molecule has 0 fully saturated rings. The second-order valence-corrected chi connectivity index (χ2v) is 7.99.